The van der Waals surface area contributed by atoms with Crippen LogP contribution >= 0.6 is 11.6 Å². The fourth-order valence-corrected chi connectivity index (χ4v) is 1.80. The van der Waals surface area contributed by atoms with Crippen molar-refractivity contribution in [1.82, 2.24) is 15.1 Å². The van der Waals surface area contributed by atoms with E-state index >= 15 is 0 Å². The lowest BCUT2D eigenvalue weighted by Gasteiger charge is -2.14. The molecule has 1 saturated heterocycles. The molecule has 16 heavy (non-hydrogen) atoms. The summed E-state index contributed by atoms with van der Waals surface area (Å²) in [5, 5.41) is 7.69. The van der Waals surface area contributed by atoms with Crippen LogP contribution in [0.5, 0.6) is 0 Å². The van der Waals surface area contributed by atoms with Crippen LogP contribution in [0.15, 0.2) is 12.1 Å². The summed E-state index contributed by atoms with van der Waals surface area (Å²) in [6.07, 6.45) is 0.993. The number of carbonyl (C=O) groups excluding carboxylic acids is 1. The SMILES string of the molecule is COC1CCN(C(=O)c2ccc(Cl)nn2)C1. The van der Waals surface area contributed by atoms with Crippen molar-refractivity contribution in [1.29, 1.82) is 0 Å². The average molecular weight is 242 g/mol. The minimum Gasteiger partial charge on any atom is -0.380 e. The van der Waals surface area contributed by atoms with Crippen molar-refractivity contribution in [3.8, 4) is 0 Å². The third-order valence-corrected chi connectivity index (χ3v) is 2.82. The molecule has 2 heterocycles. The number of rotatable bonds is 2. The molecule has 1 aromatic rings. The largest absolute Gasteiger partial charge is 0.380 e. The molecule has 1 unspecified atom stereocenters. The molecule has 0 bridgehead atoms. The van der Waals surface area contributed by atoms with E-state index in [2.05, 4.69) is 10.2 Å². The van der Waals surface area contributed by atoms with Gasteiger partial charge in [0.1, 0.15) is 0 Å². The van der Waals surface area contributed by atoms with Crippen molar-refractivity contribution < 1.29 is 9.53 Å². The van der Waals surface area contributed by atoms with Gasteiger partial charge in [0, 0.05) is 20.2 Å². The van der Waals surface area contributed by atoms with Crippen LogP contribution in [0.2, 0.25) is 5.15 Å². The fourth-order valence-electron chi connectivity index (χ4n) is 1.70. The molecule has 0 aliphatic carbocycles. The van der Waals surface area contributed by atoms with Gasteiger partial charge in [-0.1, -0.05) is 11.6 Å². The van der Waals surface area contributed by atoms with Crippen LogP contribution in [0.4, 0.5) is 0 Å². The lowest BCUT2D eigenvalue weighted by atomic mass is 10.3. The first-order valence-corrected chi connectivity index (χ1v) is 5.40. The van der Waals surface area contributed by atoms with E-state index in [1.165, 1.54) is 0 Å². The summed E-state index contributed by atoms with van der Waals surface area (Å²) >= 11 is 5.60. The van der Waals surface area contributed by atoms with E-state index in [1.54, 1.807) is 24.1 Å². The lowest BCUT2D eigenvalue weighted by molar-refractivity contribution is 0.0718. The molecule has 1 aromatic heterocycles. The number of hydrogen-bond donors (Lipinski definition) is 0. The molecule has 86 valence electrons. The minimum absolute atomic E-state index is 0.122. The van der Waals surface area contributed by atoms with Crippen LogP contribution in [0, 0.1) is 0 Å². The van der Waals surface area contributed by atoms with E-state index < -0.39 is 0 Å². The van der Waals surface area contributed by atoms with Crippen molar-refractivity contribution >= 4 is 17.5 Å². The summed E-state index contributed by atoms with van der Waals surface area (Å²) in [7, 11) is 1.65. The maximum absolute atomic E-state index is 11.9. The van der Waals surface area contributed by atoms with Crippen molar-refractivity contribution in [3.05, 3.63) is 23.0 Å². The molecule has 0 spiro atoms. The van der Waals surface area contributed by atoms with Gasteiger partial charge in [-0.25, -0.2) is 0 Å². The quantitative estimate of drug-likeness (QED) is 0.775. The van der Waals surface area contributed by atoms with Crippen molar-refractivity contribution in [2.24, 2.45) is 0 Å². The highest BCUT2D eigenvalue weighted by Gasteiger charge is 2.27. The molecule has 1 atom stereocenters. The Morgan fingerprint density at radius 2 is 2.38 bits per heavy atom. The van der Waals surface area contributed by atoms with Gasteiger partial charge in [0.15, 0.2) is 10.8 Å². The van der Waals surface area contributed by atoms with Crippen molar-refractivity contribution in [3.63, 3.8) is 0 Å². The van der Waals surface area contributed by atoms with Crippen LogP contribution in [0.25, 0.3) is 0 Å². The molecule has 2 rings (SSSR count). The molecule has 1 aliphatic heterocycles. The van der Waals surface area contributed by atoms with E-state index in [0.717, 1.165) is 6.42 Å². The molecule has 5 nitrogen and oxygen atoms in total. The molecule has 1 amide bonds. The van der Waals surface area contributed by atoms with Gasteiger partial charge in [-0.15, -0.1) is 10.2 Å². The molecular weight excluding hydrogens is 230 g/mol. The Morgan fingerprint density at radius 3 is 2.94 bits per heavy atom. The lowest BCUT2D eigenvalue weighted by Crippen LogP contribution is -2.30. The van der Waals surface area contributed by atoms with E-state index in [0.29, 0.717) is 18.8 Å². The molecule has 1 aliphatic rings. The topological polar surface area (TPSA) is 55.3 Å². The zero-order valence-corrected chi connectivity index (χ0v) is 9.65. The Bertz CT molecular complexity index is 382. The number of amides is 1. The van der Waals surface area contributed by atoms with Crippen LogP contribution in [0.3, 0.4) is 0 Å². The predicted molar refractivity (Wildman–Crippen MR) is 58.4 cm³/mol. The van der Waals surface area contributed by atoms with Crippen molar-refractivity contribution in [2.75, 3.05) is 20.2 Å². The second kappa shape index (κ2) is 4.76. The average Bonchev–Trinajstić information content (AvgIpc) is 2.77. The Balaban J connectivity index is 2.05. The van der Waals surface area contributed by atoms with Gasteiger partial charge in [-0.2, -0.15) is 0 Å². The third kappa shape index (κ3) is 2.31. The Labute approximate surface area is 98.4 Å². The highest BCUT2D eigenvalue weighted by Crippen LogP contribution is 2.14. The van der Waals surface area contributed by atoms with Gasteiger partial charge in [-0.05, 0) is 18.6 Å². The van der Waals surface area contributed by atoms with Crippen molar-refractivity contribution in [2.45, 2.75) is 12.5 Å². The smallest absolute Gasteiger partial charge is 0.274 e. The summed E-state index contributed by atoms with van der Waals surface area (Å²) in [5.41, 5.74) is 0.321. The molecule has 1 fully saturated rings. The molecule has 0 N–H and O–H groups in total. The zero-order valence-electron chi connectivity index (χ0n) is 8.89. The number of carbonyl (C=O) groups is 1. The molecule has 0 aromatic carbocycles. The first-order valence-electron chi connectivity index (χ1n) is 5.02. The fraction of sp³-hybridized carbons (Fsp3) is 0.500. The number of ether oxygens (including phenoxy) is 1. The standard InChI is InChI=1S/C10H12ClN3O2/c1-16-7-4-5-14(6-7)10(15)8-2-3-9(11)13-12-8/h2-3,7H,4-6H2,1H3. The Hall–Kier alpha value is -1.20. The third-order valence-electron chi connectivity index (χ3n) is 2.62. The van der Waals surface area contributed by atoms with Gasteiger partial charge in [-0.3, -0.25) is 4.79 Å². The summed E-state index contributed by atoms with van der Waals surface area (Å²) in [6.45, 7) is 1.31. The van der Waals surface area contributed by atoms with Crippen LogP contribution in [0.1, 0.15) is 16.9 Å². The maximum atomic E-state index is 11.9. The van der Waals surface area contributed by atoms with Gasteiger partial charge >= 0.3 is 0 Å². The second-order valence-electron chi connectivity index (χ2n) is 3.64. The highest BCUT2D eigenvalue weighted by molar-refractivity contribution is 6.29. The van der Waals surface area contributed by atoms with Crippen LogP contribution in [-0.2, 0) is 4.74 Å². The summed E-state index contributed by atoms with van der Waals surface area (Å²) in [6, 6.07) is 3.14. The van der Waals surface area contributed by atoms with E-state index in [4.69, 9.17) is 16.3 Å². The molecule has 0 radical (unpaired) electrons. The first-order chi connectivity index (χ1) is 7.70. The van der Waals surface area contributed by atoms with Gasteiger partial charge in [0.2, 0.25) is 0 Å². The summed E-state index contributed by atoms with van der Waals surface area (Å²) in [5.74, 6) is -0.122. The number of aromatic nitrogens is 2. The Kier molecular flexibility index (Phi) is 3.36. The van der Waals surface area contributed by atoms with E-state index in [9.17, 15) is 4.79 Å². The monoisotopic (exact) mass is 241 g/mol. The molecule has 6 heteroatoms. The molecule has 0 saturated carbocycles. The summed E-state index contributed by atoms with van der Waals surface area (Å²) in [4.78, 5) is 13.7. The van der Waals surface area contributed by atoms with E-state index in [-0.39, 0.29) is 17.2 Å². The maximum Gasteiger partial charge on any atom is 0.274 e. The highest BCUT2D eigenvalue weighted by atomic mass is 35.5. The number of likely N-dealkylation sites (tertiary alicyclic amines) is 1. The minimum atomic E-state index is -0.122. The predicted octanol–water partition coefficient (Wildman–Crippen LogP) is 0.991. The van der Waals surface area contributed by atoms with Crippen LogP contribution < -0.4 is 0 Å². The second-order valence-corrected chi connectivity index (χ2v) is 4.03. The number of halogens is 1. The number of nitrogens with zero attached hydrogens (tertiary/aromatic N) is 3. The van der Waals surface area contributed by atoms with Gasteiger partial charge < -0.3 is 9.64 Å². The number of hydrogen-bond acceptors (Lipinski definition) is 4. The van der Waals surface area contributed by atoms with Gasteiger partial charge in [0.05, 0.1) is 6.10 Å². The van der Waals surface area contributed by atoms with Crippen LogP contribution in [-0.4, -0.2) is 47.3 Å². The molecular formula is C10H12ClN3O2. The summed E-state index contributed by atoms with van der Waals surface area (Å²) < 4.78 is 5.20. The van der Waals surface area contributed by atoms with E-state index in [1.807, 2.05) is 0 Å². The zero-order chi connectivity index (χ0) is 11.5. The Morgan fingerprint density at radius 1 is 1.56 bits per heavy atom. The van der Waals surface area contributed by atoms with Gasteiger partial charge in [0.25, 0.3) is 5.91 Å². The first kappa shape index (κ1) is 11.3. The normalized spacial score (nSPS) is 20.1. The number of methoxy groups -OCH3 is 1.